The summed E-state index contributed by atoms with van der Waals surface area (Å²) >= 11 is 1.34. The Morgan fingerprint density at radius 1 is 0.673 bits per heavy atom. The van der Waals surface area contributed by atoms with Crippen LogP contribution in [0, 0.1) is 23.7 Å². The maximum atomic E-state index is 14.9. The number of aliphatic carboxylic acids is 2. The molecule has 0 unspecified atom stereocenters. The molecule has 2 aliphatic rings. The fourth-order valence-electron chi connectivity index (χ4n) is 11.0. The standard InChI is InChI=1S/C66H103N17O17S/c1-8-35(5)52(69)66-81-48(32-101-66)63(98)76-43(26-34(3)4)59(94)74-42(20-21-50(86)87)58(93)82-53(36(6)9-2)64(99)75-40-18-13-14-24-71-55(90)46(29-49(68)85)78-62(97)47(30-51(88)89)79-61(96)45(28-39-31-70-33-72-39)77-60(95)44(27-38-16-11-10-12-17-38)80-65(100)54(37(7)22-25-84)83-57(92)41(19-15-23-67)73-56(40)91/h10-12,16-17,31,33-37,40-48,52-54,84H,8-9,13-15,18-30,32,67,69H2,1-7H3,(H2,68,85)(H,70,72)(H,71,90)(H,73,91)(H,74,94)(H,75,99)(H,76,98)(H,77,95)(H,78,97)(H,79,96)(H,80,100)(H,82,93)(H,83,92)(H,86,87)(H,88,89)/t35-,36-,37-,40-,41+,42+,43-,44+,45-,46-,47+,48-,52-,53-,54-/m0/s1. The number of carbonyl (C=O) groups excluding carboxylic acids is 12. The number of aliphatic imine (C=N–C) groups is 1. The molecule has 0 bridgehead atoms. The summed E-state index contributed by atoms with van der Waals surface area (Å²) in [6.45, 7) is 11.7. The number of imidazole rings is 1. The number of amides is 12. The number of nitrogens with two attached hydrogens (primary N) is 3. The first kappa shape index (κ1) is 84.3. The highest BCUT2D eigenvalue weighted by Gasteiger charge is 2.40. The number of rotatable bonds is 32. The van der Waals surface area contributed by atoms with Gasteiger partial charge in [0.05, 0.1) is 30.3 Å². The van der Waals surface area contributed by atoms with Crippen LogP contribution in [0.1, 0.15) is 143 Å². The van der Waals surface area contributed by atoms with E-state index in [9.17, 15) is 82.4 Å². The van der Waals surface area contributed by atoms with Gasteiger partial charge in [-0.2, -0.15) is 0 Å². The first-order chi connectivity index (χ1) is 47.9. The van der Waals surface area contributed by atoms with Crippen molar-refractivity contribution in [1.82, 2.24) is 68.5 Å². The average molecular weight is 1440 g/mol. The van der Waals surface area contributed by atoms with Crippen molar-refractivity contribution in [2.45, 2.75) is 217 Å². The number of nitrogens with zero attached hydrogens (tertiary/aromatic N) is 2. The van der Waals surface area contributed by atoms with Crippen LogP contribution in [-0.2, 0) is 80.0 Å². The number of primary amides is 1. The van der Waals surface area contributed by atoms with Crippen LogP contribution in [0.15, 0.2) is 47.8 Å². The third kappa shape index (κ3) is 28.5. The predicted molar refractivity (Wildman–Crippen MR) is 371 cm³/mol. The van der Waals surface area contributed by atoms with Crippen molar-refractivity contribution < 1.29 is 82.4 Å². The molecule has 1 saturated heterocycles. The van der Waals surface area contributed by atoms with E-state index in [0.29, 0.717) is 10.6 Å². The number of aromatic nitrogens is 2. The number of carboxylic acid groups (broad SMARTS) is 2. The number of thioether (sulfide) groups is 1. The zero-order valence-electron chi connectivity index (χ0n) is 58.3. The smallest absolute Gasteiger partial charge is 0.305 e. The maximum Gasteiger partial charge on any atom is 0.305 e. The first-order valence-corrected chi connectivity index (χ1v) is 35.2. The lowest BCUT2D eigenvalue weighted by molar-refractivity contribution is -0.142. The molecule has 0 spiro atoms. The third-order valence-electron chi connectivity index (χ3n) is 17.4. The number of aliphatic hydroxyl groups excluding tert-OH is 1. The van der Waals surface area contributed by atoms with E-state index in [2.05, 4.69) is 73.4 Å². The van der Waals surface area contributed by atoms with Gasteiger partial charge in [0, 0.05) is 50.1 Å². The minimum absolute atomic E-state index is 0.000662. The largest absolute Gasteiger partial charge is 0.481 e. The monoisotopic (exact) mass is 1440 g/mol. The second-order valence-corrected chi connectivity index (χ2v) is 27.1. The molecule has 0 aliphatic carbocycles. The Kier molecular flexibility index (Phi) is 35.8. The van der Waals surface area contributed by atoms with Crippen LogP contribution >= 0.6 is 11.8 Å². The van der Waals surface area contributed by atoms with Crippen molar-refractivity contribution in [1.29, 1.82) is 0 Å². The minimum Gasteiger partial charge on any atom is -0.481 e. The van der Waals surface area contributed by atoms with Crippen molar-refractivity contribution in [3.05, 3.63) is 54.1 Å². The molecular weight excluding hydrogens is 1330 g/mol. The molecule has 2 aliphatic heterocycles. The SMILES string of the molecule is CC[C@H](C)[C@H](N)C1=N[C@H](C(=O)N[C@@H](CC(C)C)C(=O)N[C@H](CCC(=O)O)C(=O)N[C@H](C(=O)N[C@H]2CCCCNC(=O)[C@H](CC(N)=O)NC(=O)[C@@H](CC(=O)O)NC(=O)[C@H](Cc3cnc[nH]3)NC(=O)[C@@H](Cc3ccccc3)NC(=O)[C@H]([C@@H](C)CCO)NC(=O)[C@@H](CCCN)NC2=O)[C@@H](C)CC)CS1. The molecule has 34 nitrogen and oxygen atoms in total. The number of hydrogen-bond acceptors (Lipinski definition) is 20. The zero-order chi connectivity index (χ0) is 75.0. The summed E-state index contributed by atoms with van der Waals surface area (Å²) in [5.74, 6) is -16.1. The van der Waals surface area contributed by atoms with Gasteiger partial charge in [-0.25, -0.2) is 4.98 Å². The van der Waals surface area contributed by atoms with Gasteiger partial charge in [0.15, 0.2) is 0 Å². The zero-order valence-corrected chi connectivity index (χ0v) is 59.1. The van der Waals surface area contributed by atoms with E-state index in [0.717, 1.165) is 6.42 Å². The highest BCUT2D eigenvalue weighted by atomic mass is 32.2. The van der Waals surface area contributed by atoms with E-state index >= 15 is 0 Å². The fourth-order valence-corrected chi connectivity index (χ4v) is 12.2. The number of carboxylic acids is 2. The van der Waals surface area contributed by atoms with Crippen molar-refractivity contribution in [3.8, 4) is 0 Å². The Morgan fingerprint density at radius 2 is 1.28 bits per heavy atom. The summed E-state index contributed by atoms with van der Waals surface area (Å²) in [6.07, 6.45) is -0.353. The van der Waals surface area contributed by atoms with Crippen LogP contribution in [0.4, 0.5) is 0 Å². The number of hydrogen-bond donors (Lipinski definition) is 18. The summed E-state index contributed by atoms with van der Waals surface area (Å²) in [5.41, 5.74) is 18.6. The van der Waals surface area contributed by atoms with E-state index in [1.807, 2.05) is 13.8 Å². The fraction of sp³-hybridized carbons (Fsp3) is 0.636. The van der Waals surface area contributed by atoms with Crippen molar-refractivity contribution in [2.75, 3.05) is 25.4 Å². The summed E-state index contributed by atoms with van der Waals surface area (Å²) in [6, 6.07) is -8.91. The topological polar surface area (TPSA) is 551 Å². The van der Waals surface area contributed by atoms with Crippen LogP contribution in [0.25, 0.3) is 0 Å². The van der Waals surface area contributed by atoms with Gasteiger partial charge in [-0.15, -0.1) is 11.8 Å². The quantitative estimate of drug-likeness (QED) is 0.0354. The molecule has 2 aromatic rings. The molecule has 1 fully saturated rings. The Bertz CT molecular complexity index is 3180. The molecule has 101 heavy (non-hydrogen) atoms. The van der Waals surface area contributed by atoms with Crippen molar-refractivity contribution >= 4 is 99.6 Å². The highest BCUT2D eigenvalue weighted by molar-refractivity contribution is 8.14. The maximum absolute atomic E-state index is 14.9. The lowest BCUT2D eigenvalue weighted by atomic mass is 9.95. The lowest BCUT2D eigenvalue weighted by Crippen LogP contribution is -2.62. The number of aromatic amines is 1. The molecule has 560 valence electrons. The van der Waals surface area contributed by atoms with Crippen molar-refractivity contribution in [3.63, 3.8) is 0 Å². The second-order valence-electron chi connectivity index (χ2n) is 26.1. The molecule has 15 atom stereocenters. The Hall–Kier alpha value is -9.09. The van der Waals surface area contributed by atoms with Gasteiger partial charge in [0.1, 0.15) is 66.5 Å². The Labute approximate surface area is 590 Å². The normalized spacial score (nSPS) is 23.0. The van der Waals surface area contributed by atoms with Gasteiger partial charge in [0.2, 0.25) is 70.9 Å². The molecule has 4 rings (SSSR count). The Morgan fingerprint density at radius 3 is 1.87 bits per heavy atom. The van der Waals surface area contributed by atoms with Gasteiger partial charge < -0.3 is 96.0 Å². The average Bonchev–Trinajstić information content (AvgIpc) is 1.80. The first-order valence-electron chi connectivity index (χ1n) is 34.2. The number of carbonyl (C=O) groups is 14. The number of H-pyrrole nitrogens is 1. The second kappa shape index (κ2) is 42.9. The van der Waals surface area contributed by atoms with Crippen LogP contribution in [0.5, 0.6) is 0 Å². The molecule has 0 radical (unpaired) electrons. The molecule has 21 N–H and O–H groups in total. The highest BCUT2D eigenvalue weighted by Crippen LogP contribution is 2.25. The molecule has 35 heteroatoms. The van der Waals surface area contributed by atoms with Crippen LogP contribution in [-0.4, -0.2) is 211 Å². The summed E-state index contributed by atoms with van der Waals surface area (Å²) in [7, 11) is 0. The molecule has 3 heterocycles. The molecule has 0 saturated carbocycles. The molecule has 1 aromatic carbocycles. The number of aliphatic hydroxyl groups is 1. The molecular formula is C66H103N17O17S. The number of benzene rings is 1. The van der Waals surface area contributed by atoms with Gasteiger partial charge in [-0.1, -0.05) is 91.6 Å². The van der Waals surface area contributed by atoms with Gasteiger partial charge in [0.25, 0.3) is 0 Å². The van der Waals surface area contributed by atoms with E-state index in [1.54, 1.807) is 58.0 Å². The van der Waals surface area contributed by atoms with Gasteiger partial charge >= 0.3 is 11.9 Å². The summed E-state index contributed by atoms with van der Waals surface area (Å²) in [4.78, 5) is 207. The lowest BCUT2D eigenvalue weighted by Gasteiger charge is -2.30. The van der Waals surface area contributed by atoms with E-state index in [4.69, 9.17) is 17.2 Å². The van der Waals surface area contributed by atoms with E-state index in [-0.39, 0.29) is 101 Å². The van der Waals surface area contributed by atoms with E-state index in [1.165, 1.54) is 31.2 Å². The van der Waals surface area contributed by atoms with Gasteiger partial charge in [-0.05, 0) is 87.1 Å². The van der Waals surface area contributed by atoms with Gasteiger partial charge in [-0.3, -0.25) is 72.1 Å². The van der Waals surface area contributed by atoms with Crippen LogP contribution < -0.4 is 75.7 Å². The van der Waals surface area contributed by atoms with Crippen molar-refractivity contribution in [2.24, 2.45) is 45.9 Å². The summed E-state index contributed by atoms with van der Waals surface area (Å²) in [5, 5.41) is 58.9. The number of nitrogens with one attached hydrogen (secondary N) is 12. The minimum atomic E-state index is -1.96. The third-order valence-corrected chi connectivity index (χ3v) is 18.6. The Balaban J connectivity index is 1.78. The molecule has 1 aromatic heterocycles. The molecule has 12 amide bonds. The van der Waals surface area contributed by atoms with Crippen LogP contribution in [0.3, 0.4) is 0 Å². The summed E-state index contributed by atoms with van der Waals surface area (Å²) < 4.78 is 0. The predicted octanol–water partition coefficient (Wildman–Crippen LogP) is -2.71. The van der Waals surface area contributed by atoms with E-state index < -0.39 is 199 Å². The van der Waals surface area contributed by atoms with Crippen LogP contribution in [0.2, 0.25) is 0 Å².